The minimum atomic E-state index is -0.972. The molecule has 3 amide bonds. The van der Waals surface area contributed by atoms with Crippen LogP contribution in [0.4, 0.5) is 25.3 Å². The second-order valence-electron chi connectivity index (χ2n) is 12.9. The lowest BCUT2D eigenvalue weighted by Gasteiger charge is -2.26. The van der Waals surface area contributed by atoms with Gasteiger partial charge in [0.25, 0.3) is 5.91 Å². The number of morpholine rings is 1. The summed E-state index contributed by atoms with van der Waals surface area (Å²) in [6.07, 6.45) is 2.95. The Labute approximate surface area is 301 Å². The second kappa shape index (κ2) is 19.9. The summed E-state index contributed by atoms with van der Waals surface area (Å²) in [5.74, 6) is 2.87. The number of nitrogens with two attached hydrogens (primary N) is 3. The lowest BCUT2D eigenvalue weighted by atomic mass is 9.88. The number of hydrazine groups is 1. The highest BCUT2D eigenvalue weighted by molar-refractivity contribution is 7.14. The summed E-state index contributed by atoms with van der Waals surface area (Å²) >= 11 is 1.48. The lowest BCUT2D eigenvalue weighted by Crippen LogP contribution is -2.44. The van der Waals surface area contributed by atoms with E-state index >= 15 is 0 Å². The molecular weight excluding hydrogens is 682 g/mol. The van der Waals surface area contributed by atoms with E-state index in [2.05, 4.69) is 36.0 Å². The van der Waals surface area contributed by atoms with Crippen molar-refractivity contribution < 1.29 is 32.6 Å². The smallest absolute Gasteiger partial charge is 0.270 e. The van der Waals surface area contributed by atoms with Gasteiger partial charge in [-0.1, -0.05) is 27.2 Å². The fourth-order valence-corrected chi connectivity index (χ4v) is 6.17. The third kappa shape index (κ3) is 12.4. The maximum Gasteiger partial charge on any atom is 0.270 e. The summed E-state index contributed by atoms with van der Waals surface area (Å²) < 4.78 is 39.5. The standard InChI is InChI=1S/C22H31F2N3O2S.C13H19N5O3/c1-4-7-22(2,3)15-25-8-11-29-20-16(5-6-17(23)19(20)24)18-14-30-21(26-18)27-9-12-28-13-10-27;1-8(2-5-12(20)17-7-19)18(16)13(21)10-6-9(14)3-4-11(10)15/h5-6,14,25H,4,7-13,15H2,1-3H3;3-4,6-8H,2,5,14-16H2,1H3,(H,17,19,20). The van der Waals surface area contributed by atoms with Crippen LogP contribution in [-0.4, -0.2) is 80.3 Å². The molecule has 0 radical (unpaired) electrons. The second-order valence-corrected chi connectivity index (χ2v) is 13.8. The van der Waals surface area contributed by atoms with Crippen LogP contribution in [-0.2, 0) is 14.3 Å². The van der Waals surface area contributed by atoms with Crippen LogP contribution in [0, 0.1) is 17.0 Å². The highest BCUT2D eigenvalue weighted by atomic mass is 32.1. The number of nitrogens with one attached hydrogen (secondary N) is 2. The number of hydrogen-bond donors (Lipinski definition) is 5. The number of rotatable bonds is 16. The molecule has 1 unspecified atom stereocenters. The summed E-state index contributed by atoms with van der Waals surface area (Å²) in [5.41, 5.74) is 13.5. The van der Waals surface area contributed by atoms with E-state index in [4.69, 9.17) is 26.8 Å². The molecule has 8 N–H and O–H groups in total. The topological polar surface area (TPSA) is 191 Å². The van der Waals surface area contributed by atoms with Crippen LogP contribution in [0.1, 0.15) is 63.7 Å². The highest BCUT2D eigenvalue weighted by Gasteiger charge is 2.23. The first-order chi connectivity index (χ1) is 24.3. The summed E-state index contributed by atoms with van der Waals surface area (Å²) in [5, 5.41) is 9.07. The van der Waals surface area contributed by atoms with Crippen molar-refractivity contribution in [1.82, 2.24) is 20.6 Å². The van der Waals surface area contributed by atoms with E-state index in [0.717, 1.165) is 48.7 Å². The molecule has 1 fully saturated rings. The minimum Gasteiger partial charge on any atom is -0.488 e. The molecule has 0 bridgehead atoms. The normalized spacial score (nSPS) is 13.5. The molecule has 0 aliphatic carbocycles. The van der Waals surface area contributed by atoms with Gasteiger partial charge in [-0.3, -0.25) is 24.7 Å². The molecular formula is C35H50F2N8O5S. The number of nitrogens with zero attached hydrogens (tertiary/aromatic N) is 3. The molecule has 1 aromatic heterocycles. The Morgan fingerprint density at radius 2 is 1.92 bits per heavy atom. The van der Waals surface area contributed by atoms with Gasteiger partial charge in [0.15, 0.2) is 16.7 Å². The average molecular weight is 733 g/mol. The Balaban J connectivity index is 0.000000295. The Morgan fingerprint density at radius 1 is 1.20 bits per heavy atom. The molecule has 1 aliphatic heterocycles. The molecule has 51 heavy (non-hydrogen) atoms. The minimum absolute atomic E-state index is 0.0767. The van der Waals surface area contributed by atoms with Crippen molar-refractivity contribution in [2.75, 3.05) is 62.4 Å². The molecule has 0 saturated carbocycles. The van der Waals surface area contributed by atoms with Crippen LogP contribution in [0.5, 0.6) is 5.75 Å². The number of aromatic nitrogens is 1. The van der Waals surface area contributed by atoms with Gasteiger partial charge in [-0.25, -0.2) is 15.2 Å². The first-order valence-electron chi connectivity index (χ1n) is 16.8. The Hall–Kier alpha value is -4.38. The van der Waals surface area contributed by atoms with Crippen LogP contribution >= 0.6 is 11.3 Å². The molecule has 280 valence electrons. The lowest BCUT2D eigenvalue weighted by molar-refractivity contribution is -0.125. The number of carbonyl (C=O) groups is 3. The van der Waals surface area contributed by atoms with Crippen molar-refractivity contribution in [3.05, 3.63) is 52.9 Å². The number of anilines is 3. The monoisotopic (exact) mass is 732 g/mol. The molecule has 13 nitrogen and oxygen atoms in total. The number of carbonyl (C=O) groups excluding carboxylic acids is 3. The van der Waals surface area contributed by atoms with Gasteiger partial charge in [-0.15, -0.1) is 11.3 Å². The fraction of sp³-hybridized carbons (Fsp3) is 0.486. The molecule has 1 aliphatic rings. The van der Waals surface area contributed by atoms with Crippen LogP contribution in [0.2, 0.25) is 0 Å². The summed E-state index contributed by atoms with van der Waals surface area (Å²) in [7, 11) is 0. The number of thiazole rings is 1. The molecule has 1 atom stereocenters. The van der Waals surface area contributed by atoms with Crippen molar-refractivity contribution in [2.24, 2.45) is 11.3 Å². The Morgan fingerprint density at radius 3 is 2.61 bits per heavy atom. The Bertz CT molecular complexity index is 1600. The van der Waals surface area contributed by atoms with Crippen molar-refractivity contribution in [2.45, 2.75) is 59.4 Å². The average Bonchev–Trinajstić information content (AvgIpc) is 3.60. The summed E-state index contributed by atoms with van der Waals surface area (Å²) in [6.45, 7) is 12.8. The fourth-order valence-electron chi connectivity index (χ4n) is 5.30. The van der Waals surface area contributed by atoms with Crippen molar-refractivity contribution in [3.63, 3.8) is 0 Å². The zero-order valence-corrected chi connectivity index (χ0v) is 30.5. The third-order valence-electron chi connectivity index (χ3n) is 8.18. The first-order valence-corrected chi connectivity index (χ1v) is 17.7. The zero-order chi connectivity index (χ0) is 37.6. The van der Waals surface area contributed by atoms with Gasteiger partial charge in [0.2, 0.25) is 18.1 Å². The van der Waals surface area contributed by atoms with Crippen molar-refractivity contribution in [3.8, 4) is 17.0 Å². The van der Waals surface area contributed by atoms with E-state index in [1.165, 1.54) is 29.5 Å². The number of imide groups is 1. The quantitative estimate of drug-likeness (QED) is 0.0352. The van der Waals surface area contributed by atoms with Gasteiger partial charge in [-0.05, 0) is 55.5 Å². The van der Waals surface area contributed by atoms with Gasteiger partial charge in [0, 0.05) is 61.0 Å². The zero-order valence-electron chi connectivity index (χ0n) is 29.7. The van der Waals surface area contributed by atoms with E-state index in [1.807, 2.05) is 10.7 Å². The largest absolute Gasteiger partial charge is 0.488 e. The predicted octanol–water partition coefficient (Wildman–Crippen LogP) is 4.33. The number of ether oxygens (including phenoxy) is 2. The summed E-state index contributed by atoms with van der Waals surface area (Å²) in [4.78, 5) is 40.3. The number of benzene rings is 2. The van der Waals surface area contributed by atoms with E-state index in [-0.39, 0.29) is 35.4 Å². The van der Waals surface area contributed by atoms with E-state index in [0.29, 0.717) is 49.5 Å². The molecule has 3 aromatic rings. The third-order valence-corrected chi connectivity index (χ3v) is 9.08. The van der Waals surface area contributed by atoms with Crippen molar-refractivity contribution >= 4 is 46.1 Å². The van der Waals surface area contributed by atoms with E-state index in [1.54, 1.807) is 13.0 Å². The van der Waals surface area contributed by atoms with Crippen molar-refractivity contribution in [1.29, 1.82) is 0 Å². The summed E-state index contributed by atoms with van der Waals surface area (Å²) in [6, 6.07) is 6.80. The number of halogens is 2. The number of nitrogen functional groups attached to an aromatic ring is 2. The highest BCUT2D eigenvalue weighted by Crippen LogP contribution is 2.36. The molecule has 2 aromatic carbocycles. The molecule has 0 spiro atoms. The SMILES string of the molecule is CC(CCC(=O)NC=O)N(N)C(=O)c1cc(N)ccc1N.CCCC(C)(C)CNCCOc1c(-c2csc(N3CCOCC3)n2)ccc(F)c1F. The van der Waals surface area contributed by atoms with Gasteiger partial charge in [0.1, 0.15) is 6.61 Å². The van der Waals surface area contributed by atoms with Crippen LogP contribution in [0.3, 0.4) is 0 Å². The molecule has 16 heteroatoms. The van der Waals surface area contributed by atoms with Gasteiger partial charge >= 0.3 is 0 Å². The van der Waals surface area contributed by atoms with E-state index < -0.39 is 29.5 Å². The predicted molar refractivity (Wildman–Crippen MR) is 196 cm³/mol. The van der Waals surface area contributed by atoms with Crippen LogP contribution < -0.4 is 37.6 Å². The molecule has 2 heterocycles. The van der Waals surface area contributed by atoms with Gasteiger partial charge in [0.05, 0.1) is 24.5 Å². The Kier molecular flexibility index (Phi) is 16.0. The number of hydrogen-bond acceptors (Lipinski definition) is 12. The van der Waals surface area contributed by atoms with E-state index in [9.17, 15) is 23.2 Å². The van der Waals surface area contributed by atoms with Gasteiger partial charge in [-0.2, -0.15) is 4.39 Å². The molecule has 4 rings (SSSR count). The first kappa shape index (κ1) is 41.0. The maximum atomic E-state index is 14.5. The van der Waals surface area contributed by atoms with Crippen LogP contribution in [0.25, 0.3) is 11.3 Å². The van der Waals surface area contributed by atoms with Gasteiger partial charge < -0.3 is 31.2 Å². The maximum absolute atomic E-state index is 14.5. The molecule has 1 saturated heterocycles. The van der Waals surface area contributed by atoms with Crippen LogP contribution in [0.15, 0.2) is 35.7 Å². The number of amides is 3.